The van der Waals surface area contributed by atoms with E-state index in [9.17, 15) is 10.1 Å². The van der Waals surface area contributed by atoms with Crippen LogP contribution >= 0.6 is 0 Å². The number of ether oxygens (including phenoxy) is 4. The number of esters is 1. The first kappa shape index (κ1) is 23.4. The molecule has 0 atom stereocenters. The molecule has 3 aromatic carbocycles. The highest BCUT2D eigenvalue weighted by Gasteiger charge is 2.12. The summed E-state index contributed by atoms with van der Waals surface area (Å²) in [6.07, 6.45) is 2.58. The average molecular weight is 443 g/mol. The number of benzene rings is 3. The predicted octanol–water partition coefficient (Wildman–Crippen LogP) is 5.31. The zero-order chi connectivity index (χ0) is 23.6. The van der Waals surface area contributed by atoms with Crippen molar-refractivity contribution >= 4 is 17.6 Å². The number of hydrogen-bond donors (Lipinski definition) is 0. The van der Waals surface area contributed by atoms with E-state index < -0.39 is 0 Å². The first-order valence-corrected chi connectivity index (χ1v) is 10.3. The molecule has 0 heterocycles. The number of allylic oxidation sites excluding steroid dienone is 1. The number of carbonyl (C=O) groups excluding carboxylic acids is 1. The van der Waals surface area contributed by atoms with E-state index in [1.54, 1.807) is 56.7 Å². The minimum Gasteiger partial charge on any atom is -0.493 e. The third-order valence-electron chi connectivity index (χ3n) is 5.00. The zero-order valence-electron chi connectivity index (χ0n) is 18.8. The van der Waals surface area contributed by atoms with Gasteiger partial charge in [0.1, 0.15) is 0 Å². The van der Waals surface area contributed by atoms with Crippen LogP contribution in [0.4, 0.5) is 0 Å². The lowest BCUT2D eigenvalue weighted by molar-refractivity contribution is -0.134. The molecule has 0 unspecified atom stereocenters. The molecule has 0 spiro atoms. The van der Waals surface area contributed by atoms with Gasteiger partial charge in [-0.05, 0) is 59.5 Å². The molecule has 3 rings (SSSR count). The lowest BCUT2D eigenvalue weighted by Gasteiger charge is -2.11. The van der Waals surface area contributed by atoms with Crippen LogP contribution in [0.3, 0.4) is 0 Å². The SMILES string of the molecule is COc1ccc(/C(C#N)=C\c2ccc(OC(=O)CCc3ccccc3)c(OC)c2)cc1OC. The maximum absolute atomic E-state index is 12.3. The van der Waals surface area contributed by atoms with Gasteiger partial charge in [-0.1, -0.05) is 36.4 Å². The van der Waals surface area contributed by atoms with Crippen LogP contribution in [-0.2, 0) is 11.2 Å². The topological polar surface area (TPSA) is 77.8 Å². The molecular formula is C27H25NO5. The standard InChI is InChI=1S/C27H25NO5/c1-30-23-13-11-21(17-26(23)32-3)22(18-28)15-20-9-12-24(25(16-20)31-2)33-27(29)14-10-19-7-5-4-6-8-19/h4-9,11-13,15-17H,10,14H2,1-3H3/b22-15-. The van der Waals surface area contributed by atoms with Crippen molar-refractivity contribution in [1.82, 2.24) is 0 Å². The van der Waals surface area contributed by atoms with Crippen LogP contribution < -0.4 is 18.9 Å². The van der Waals surface area contributed by atoms with E-state index in [2.05, 4.69) is 6.07 Å². The van der Waals surface area contributed by atoms with Gasteiger partial charge in [-0.3, -0.25) is 4.79 Å². The highest BCUT2D eigenvalue weighted by atomic mass is 16.6. The Morgan fingerprint density at radius 1 is 0.848 bits per heavy atom. The van der Waals surface area contributed by atoms with Crippen LogP contribution in [0.15, 0.2) is 66.7 Å². The molecule has 168 valence electrons. The van der Waals surface area contributed by atoms with Gasteiger partial charge in [0.2, 0.25) is 0 Å². The van der Waals surface area contributed by atoms with Gasteiger partial charge in [0.25, 0.3) is 0 Å². The van der Waals surface area contributed by atoms with E-state index in [-0.39, 0.29) is 12.4 Å². The maximum Gasteiger partial charge on any atom is 0.311 e. The fourth-order valence-corrected chi connectivity index (χ4v) is 3.27. The Kier molecular flexibility index (Phi) is 8.09. The Morgan fingerprint density at radius 2 is 1.52 bits per heavy atom. The molecule has 0 aliphatic rings. The molecule has 0 amide bonds. The van der Waals surface area contributed by atoms with Crippen molar-refractivity contribution in [3.05, 3.63) is 83.4 Å². The summed E-state index contributed by atoms with van der Waals surface area (Å²) in [5.41, 5.74) is 2.92. The number of methoxy groups -OCH3 is 3. The summed E-state index contributed by atoms with van der Waals surface area (Å²) < 4.78 is 21.5. The molecule has 0 radical (unpaired) electrons. The van der Waals surface area contributed by atoms with Crippen molar-refractivity contribution in [2.75, 3.05) is 21.3 Å². The van der Waals surface area contributed by atoms with E-state index in [4.69, 9.17) is 18.9 Å². The number of carbonyl (C=O) groups is 1. The van der Waals surface area contributed by atoms with Crippen molar-refractivity contribution < 1.29 is 23.7 Å². The summed E-state index contributed by atoms with van der Waals surface area (Å²) >= 11 is 0. The fraction of sp³-hybridized carbons (Fsp3) is 0.185. The lowest BCUT2D eigenvalue weighted by Crippen LogP contribution is -2.09. The third kappa shape index (κ3) is 6.14. The molecule has 0 aliphatic heterocycles. The predicted molar refractivity (Wildman–Crippen MR) is 126 cm³/mol. The number of aryl methyl sites for hydroxylation is 1. The summed E-state index contributed by atoms with van der Waals surface area (Å²) in [6, 6.07) is 22.4. The second-order valence-electron chi connectivity index (χ2n) is 7.11. The molecule has 6 nitrogen and oxygen atoms in total. The van der Waals surface area contributed by atoms with Gasteiger partial charge in [-0.15, -0.1) is 0 Å². The zero-order valence-corrected chi connectivity index (χ0v) is 18.8. The molecule has 6 heteroatoms. The smallest absolute Gasteiger partial charge is 0.311 e. The van der Waals surface area contributed by atoms with Crippen LogP contribution in [-0.4, -0.2) is 27.3 Å². The summed E-state index contributed by atoms with van der Waals surface area (Å²) in [6.45, 7) is 0. The lowest BCUT2D eigenvalue weighted by atomic mass is 10.0. The Morgan fingerprint density at radius 3 is 2.18 bits per heavy atom. The van der Waals surface area contributed by atoms with E-state index in [0.29, 0.717) is 40.6 Å². The summed E-state index contributed by atoms with van der Waals surface area (Å²) in [5.74, 6) is 1.51. The van der Waals surface area contributed by atoms with Crippen molar-refractivity contribution in [2.45, 2.75) is 12.8 Å². The van der Waals surface area contributed by atoms with Gasteiger partial charge >= 0.3 is 5.97 Å². The molecule has 33 heavy (non-hydrogen) atoms. The Balaban J connectivity index is 1.77. The van der Waals surface area contributed by atoms with Crippen LogP contribution in [0.5, 0.6) is 23.0 Å². The highest BCUT2D eigenvalue weighted by molar-refractivity contribution is 5.90. The van der Waals surface area contributed by atoms with Gasteiger partial charge in [0, 0.05) is 6.42 Å². The molecule has 0 aliphatic carbocycles. The molecule has 0 bridgehead atoms. The highest BCUT2D eigenvalue weighted by Crippen LogP contribution is 2.33. The van der Waals surface area contributed by atoms with Gasteiger partial charge in [-0.2, -0.15) is 5.26 Å². The van der Waals surface area contributed by atoms with Gasteiger partial charge < -0.3 is 18.9 Å². The second-order valence-corrected chi connectivity index (χ2v) is 7.11. The normalized spacial score (nSPS) is 10.8. The Hall–Kier alpha value is -4.24. The Bertz CT molecular complexity index is 1180. The van der Waals surface area contributed by atoms with E-state index in [1.807, 2.05) is 30.3 Å². The second kappa shape index (κ2) is 11.4. The first-order valence-electron chi connectivity index (χ1n) is 10.3. The number of hydrogen-bond acceptors (Lipinski definition) is 6. The molecule has 0 saturated heterocycles. The first-order chi connectivity index (χ1) is 16.1. The van der Waals surface area contributed by atoms with Gasteiger partial charge in [0.05, 0.1) is 33.0 Å². The number of rotatable bonds is 9. The molecule has 3 aromatic rings. The van der Waals surface area contributed by atoms with Crippen LogP contribution in [0.1, 0.15) is 23.1 Å². The Labute approximate surface area is 193 Å². The number of nitrogens with zero attached hydrogens (tertiary/aromatic N) is 1. The molecule has 0 N–H and O–H groups in total. The maximum atomic E-state index is 12.3. The van der Waals surface area contributed by atoms with E-state index in [1.165, 1.54) is 7.11 Å². The number of nitriles is 1. The summed E-state index contributed by atoms with van der Waals surface area (Å²) in [7, 11) is 4.60. The van der Waals surface area contributed by atoms with Crippen molar-refractivity contribution in [1.29, 1.82) is 5.26 Å². The quantitative estimate of drug-likeness (QED) is 0.193. The van der Waals surface area contributed by atoms with Gasteiger partial charge in [-0.25, -0.2) is 0 Å². The monoisotopic (exact) mass is 443 g/mol. The molecular weight excluding hydrogens is 418 g/mol. The summed E-state index contributed by atoms with van der Waals surface area (Å²) in [4.78, 5) is 12.3. The van der Waals surface area contributed by atoms with Crippen molar-refractivity contribution in [3.63, 3.8) is 0 Å². The third-order valence-corrected chi connectivity index (χ3v) is 5.00. The van der Waals surface area contributed by atoms with Gasteiger partial charge in [0.15, 0.2) is 23.0 Å². The molecule has 0 fully saturated rings. The molecule has 0 saturated carbocycles. The van der Waals surface area contributed by atoms with Crippen molar-refractivity contribution in [2.24, 2.45) is 0 Å². The summed E-state index contributed by atoms with van der Waals surface area (Å²) in [5, 5.41) is 9.69. The van der Waals surface area contributed by atoms with Crippen LogP contribution in [0.2, 0.25) is 0 Å². The minimum atomic E-state index is -0.344. The van der Waals surface area contributed by atoms with E-state index in [0.717, 1.165) is 11.1 Å². The van der Waals surface area contributed by atoms with E-state index >= 15 is 0 Å². The fourth-order valence-electron chi connectivity index (χ4n) is 3.27. The minimum absolute atomic E-state index is 0.257. The van der Waals surface area contributed by atoms with Crippen molar-refractivity contribution in [3.8, 4) is 29.1 Å². The van der Waals surface area contributed by atoms with Crippen LogP contribution in [0.25, 0.3) is 11.6 Å². The average Bonchev–Trinajstić information content (AvgIpc) is 2.86. The molecule has 0 aromatic heterocycles. The van der Waals surface area contributed by atoms with Crippen LogP contribution in [0, 0.1) is 11.3 Å². The largest absolute Gasteiger partial charge is 0.493 e.